The minimum absolute atomic E-state index is 0.0142. The van der Waals surface area contributed by atoms with Gasteiger partial charge in [-0.3, -0.25) is 4.98 Å². The molecule has 0 spiro atoms. The number of pyridine rings is 1. The zero-order valence-electron chi connectivity index (χ0n) is 10.6. The molecule has 8 heteroatoms. The van der Waals surface area contributed by atoms with E-state index in [9.17, 15) is 10.1 Å². The van der Waals surface area contributed by atoms with Crippen molar-refractivity contribution in [2.45, 2.75) is 6.54 Å². The van der Waals surface area contributed by atoms with Crippen LogP contribution in [0.4, 0.5) is 11.6 Å². The van der Waals surface area contributed by atoms with Crippen LogP contribution in [0.3, 0.4) is 0 Å². The van der Waals surface area contributed by atoms with Crippen molar-refractivity contribution in [3.8, 4) is 0 Å². The van der Waals surface area contributed by atoms with Crippen molar-refractivity contribution in [3.05, 3.63) is 51.8 Å². The lowest BCUT2D eigenvalue weighted by Crippen LogP contribution is -2.18. The third-order valence-corrected chi connectivity index (χ3v) is 3.64. The van der Waals surface area contributed by atoms with E-state index in [0.717, 1.165) is 5.69 Å². The van der Waals surface area contributed by atoms with E-state index in [-0.39, 0.29) is 5.82 Å². The monoisotopic (exact) mass is 289 g/mol. The second-order valence-electron chi connectivity index (χ2n) is 4.25. The summed E-state index contributed by atoms with van der Waals surface area (Å²) in [7, 11) is 1.77. The lowest BCUT2D eigenvalue weighted by Gasteiger charge is -2.15. The van der Waals surface area contributed by atoms with Crippen LogP contribution in [-0.2, 0) is 6.54 Å². The maximum Gasteiger partial charge on any atom is 0.373 e. The van der Waals surface area contributed by atoms with Gasteiger partial charge < -0.3 is 15.0 Å². The Balaban J connectivity index is 1.98. The molecule has 0 saturated heterocycles. The minimum atomic E-state index is -0.406. The number of nitro groups is 1. The Morgan fingerprint density at radius 3 is 3.05 bits per heavy atom. The molecule has 3 aromatic heterocycles. The van der Waals surface area contributed by atoms with Crippen molar-refractivity contribution in [3.63, 3.8) is 0 Å². The van der Waals surface area contributed by atoms with Gasteiger partial charge >= 0.3 is 5.82 Å². The van der Waals surface area contributed by atoms with Crippen molar-refractivity contribution in [1.82, 2.24) is 14.4 Å². The van der Waals surface area contributed by atoms with E-state index in [2.05, 4.69) is 9.97 Å². The van der Waals surface area contributed by atoms with E-state index in [0.29, 0.717) is 17.3 Å². The molecule has 0 unspecified atom stereocenters. The summed E-state index contributed by atoms with van der Waals surface area (Å²) in [6.07, 6.45) is 3.35. The molecule has 102 valence electrons. The number of fused-ring (bicyclic) bond motifs is 1. The Morgan fingerprint density at radius 2 is 2.35 bits per heavy atom. The van der Waals surface area contributed by atoms with E-state index in [1.54, 1.807) is 29.7 Å². The molecule has 3 heterocycles. The summed E-state index contributed by atoms with van der Waals surface area (Å²) in [6, 6.07) is 5.59. The maximum atomic E-state index is 11.3. The number of anilines is 1. The topological polar surface area (TPSA) is 76.6 Å². The van der Waals surface area contributed by atoms with Crippen LogP contribution in [0.5, 0.6) is 0 Å². The van der Waals surface area contributed by atoms with Gasteiger partial charge in [-0.15, -0.1) is 0 Å². The van der Waals surface area contributed by atoms with E-state index in [1.165, 1.54) is 15.7 Å². The molecule has 0 aliphatic carbocycles. The summed E-state index contributed by atoms with van der Waals surface area (Å²) >= 11 is 1.37. The Morgan fingerprint density at radius 1 is 1.50 bits per heavy atom. The van der Waals surface area contributed by atoms with Crippen LogP contribution in [0.25, 0.3) is 4.96 Å². The lowest BCUT2D eigenvalue weighted by atomic mass is 10.3. The molecule has 0 aliphatic heterocycles. The molecule has 0 radical (unpaired) electrons. The summed E-state index contributed by atoms with van der Waals surface area (Å²) in [5, 5.41) is 13.0. The molecule has 7 nitrogen and oxygen atoms in total. The van der Waals surface area contributed by atoms with Crippen LogP contribution in [0.15, 0.2) is 36.0 Å². The van der Waals surface area contributed by atoms with Crippen LogP contribution in [0.2, 0.25) is 0 Å². The van der Waals surface area contributed by atoms with Gasteiger partial charge in [0.05, 0.1) is 12.2 Å². The van der Waals surface area contributed by atoms with Crippen LogP contribution < -0.4 is 4.90 Å². The smallest absolute Gasteiger partial charge is 0.358 e. The van der Waals surface area contributed by atoms with Gasteiger partial charge in [0.15, 0.2) is 0 Å². The van der Waals surface area contributed by atoms with Crippen LogP contribution in [0.1, 0.15) is 5.69 Å². The fourth-order valence-corrected chi connectivity index (χ4v) is 2.70. The predicted molar refractivity (Wildman–Crippen MR) is 76.1 cm³/mol. The molecule has 0 fully saturated rings. The third kappa shape index (κ3) is 2.10. The van der Waals surface area contributed by atoms with Crippen LogP contribution in [-0.4, -0.2) is 26.3 Å². The molecule has 0 N–H and O–H groups in total. The summed E-state index contributed by atoms with van der Waals surface area (Å²) in [4.78, 5) is 21.7. The van der Waals surface area contributed by atoms with Gasteiger partial charge in [0.25, 0.3) is 4.96 Å². The second kappa shape index (κ2) is 4.89. The Hall–Kier alpha value is -2.48. The van der Waals surface area contributed by atoms with Gasteiger partial charge in [-0.2, -0.15) is 9.38 Å². The molecule has 3 aromatic rings. The predicted octanol–water partition coefficient (Wildman–Crippen LogP) is 2.34. The quantitative estimate of drug-likeness (QED) is 0.544. The fourth-order valence-electron chi connectivity index (χ4n) is 2.00. The third-order valence-electron chi connectivity index (χ3n) is 2.88. The van der Waals surface area contributed by atoms with Gasteiger partial charge in [0, 0.05) is 18.6 Å². The van der Waals surface area contributed by atoms with Gasteiger partial charge in [0.1, 0.15) is 6.20 Å². The number of nitrogens with zero attached hydrogens (tertiary/aromatic N) is 5. The molecular formula is C12H11N5O2S. The fraction of sp³-hybridized carbons (Fsp3) is 0.167. The molecule has 0 aliphatic rings. The highest BCUT2D eigenvalue weighted by Crippen LogP contribution is 2.30. The van der Waals surface area contributed by atoms with Gasteiger partial charge in [-0.1, -0.05) is 17.4 Å². The average Bonchev–Trinajstić information content (AvgIpc) is 2.98. The highest BCUT2D eigenvalue weighted by Gasteiger charge is 2.26. The van der Waals surface area contributed by atoms with E-state index >= 15 is 0 Å². The molecule has 0 aromatic carbocycles. The van der Waals surface area contributed by atoms with Crippen LogP contribution >= 0.6 is 11.3 Å². The first kappa shape index (κ1) is 12.5. The second-order valence-corrected chi connectivity index (χ2v) is 5.12. The van der Waals surface area contributed by atoms with Crippen molar-refractivity contribution in [2.75, 3.05) is 11.9 Å². The Kier molecular flexibility index (Phi) is 3.07. The van der Waals surface area contributed by atoms with E-state index < -0.39 is 4.92 Å². The van der Waals surface area contributed by atoms with Crippen molar-refractivity contribution in [2.24, 2.45) is 0 Å². The summed E-state index contributed by atoms with van der Waals surface area (Å²) in [5.41, 5.74) is 0.834. The lowest BCUT2D eigenvalue weighted by molar-refractivity contribution is -0.389. The van der Waals surface area contributed by atoms with Gasteiger partial charge in [-0.05, 0) is 17.1 Å². The molecule has 0 atom stereocenters. The maximum absolute atomic E-state index is 11.3. The average molecular weight is 289 g/mol. The van der Waals surface area contributed by atoms with E-state index in [4.69, 9.17) is 0 Å². The highest BCUT2D eigenvalue weighted by atomic mass is 32.1. The first-order chi connectivity index (χ1) is 9.66. The summed E-state index contributed by atoms with van der Waals surface area (Å²) < 4.78 is 1.49. The summed E-state index contributed by atoms with van der Waals surface area (Å²) in [6.45, 7) is 0.465. The Bertz CT molecular complexity index is 752. The standard InChI is InChI=1S/C12H11N5O2S/c1-15(8-9-4-2-3-5-13-9)10-11(17(18)19)16-6-7-20-12(16)14-10/h2-7H,8H2,1H3. The molecular weight excluding hydrogens is 278 g/mol. The summed E-state index contributed by atoms with van der Waals surface area (Å²) in [5.74, 6) is 0.340. The molecule has 0 amide bonds. The normalized spacial score (nSPS) is 10.8. The number of hydrogen-bond acceptors (Lipinski definition) is 6. The number of aromatic nitrogens is 3. The first-order valence-corrected chi connectivity index (χ1v) is 6.76. The van der Waals surface area contributed by atoms with Gasteiger partial charge in [-0.25, -0.2) is 0 Å². The molecule has 0 saturated carbocycles. The minimum Gasteiger partial charge on any atom is -0.358 e. The number of thiazole rings is 1. The molecule has 20 heavy (non-hydrogen) atoms. The van der Waals surface area contributed by atoms with Crippen molar-refractivity contribution in [1.29, 1.82) is 0 Å². The zero-order chi connectivity index (χ0) is 14.1. The zero-order valence-corrected chi connectivity index (χ0v) is 11.4. The largest absolute Gasteiger partial charge is 0.373 e. The number of imidazole rings is 1. The van der Waals surface area contributed by atoms with E-state index in [1.807, 2.05) is 18.2 Å². The first-order valence-electron chi connectivity index (χ1n) is 5.88. The SMILES string of the molecule is CN(Cc1ccccn1)c1nc2sccn2c1[N+](=O)[O-]. The number of hydrogen-bond donors (Lipinski definition) is 0. The van der Waals surface area contributed by atoms with Gasteiger partial charge in [0.2, 0.25) is 5.82 Å². The highest BCUT2D eigenvalue weighted by molar-refractivity contribution is 7.15. The molecule has 0 bridgehead atoms. The van der Waals surface area contributed by atoms with Crippen LogP contribution in [0, 0.1) is 10.1 Å². The van der Waals surface area contributed by atoms with Crippen molar-refractivity contribution >= 4 is 27.9 Å². The Labute approximate surface area is 118 Å². The molecule has 3 rings (SSSR count). The van der Waals surface area contributed by atoms with Crippen molar-refractivity contribution < 1.29 is 4.92 Å². The number of rotatable bonds is 4.